The molecule has 2 aliphatic heterocycles. The fourth-order valence-corrected chi connectivity index (χ4v) is 4.26. The van der Waals surface area contributed by atoms with E-state index in [4.69, 9.17) is 21.8 Å². The highest BCUT2D eigenvalue weighted by atomic mass is 16.5. The van der Waals surface area contributed by atoms with Gasteiger partial charge in [0.1, 0.15) is 0 Å². The molecule has 2 heterocycles. The first kappa shape index (κ1) is 6.16. The van der Waals surface area contributed by atoms with Crippen molar-refractivity contribution in [3.63, 3.8) is 0 Å². The van der Waals surface area contributed by atoms with E-state index in [9.17, 15) is 7.54 Å². The van der Waals surface area contributed by atoms with E-state index in [1.54, 1.807) is 0 Å². The maximum atomic E-state index is 13.1. The lowest BCUT2D eigenvalue weighted by Crippen LogP contribution is -2.65. The number of hydrogen-bond acceptors (Lipinski definition) is 4. The molecule has 1 saturated heterocycles. The second kappa shape index (κ2) is 4.05. The van der Waals surface area contributed by atoms with Gasteiger partial charge in [0, 0.05) is 33.0 Å². The van der Waals surface area contributed by atoms with Gasteiger partial charge in [-0.25, -0.2) is 0 Å². The Bertz CT molecular complexity index is 1090. The van der Waals surface area contributed by atoms with Crippen LogP contribution in [0, 0.1) is 5.89 Å². The van der Waals surface area contributed by atoms with Crippen LogP contribution in [0.2, 0.25) is 0 Å². The largest absolute Gasteiger partial charge is 0.493 e. The number of benzene rings is 1. The summed E-state index contributed by atoms with van der Waals surface area (Å²) in [7, 11) is -2.91. The second-order valence-electron chi connectivity index (χ2n) is 6.03. The number of rotatable bonds is 1. The number of likely N-dealkylation sites (N-methyl/N-ethyl adjacent to an activating group) is 1. The van der Waals surface area contributed by atoms with Gasteiger partial charge in [-0.1, -0.05) is 6.07 Å². The lowest BCUT2D eigenvalue weighted by molar-refractivity contribution is -0.138. The molecule has 116 valence electrons. The third kappa shape index (κ3) is 1.27. The summed E-state index contributed by atoms with van der Waals surface area (Å²) in [6.07, 6.45) is -6.18. The molecular weight excluding hydrogens is 278 g/mol. The number of nitrogens with zero attached hydrogens (tertiary/aromatic N) is 1. The molecule has 2 fully saturated rings. The molecule has 4 atom stereocenters. The zero-order chi connectivity index (χ0) is 24.6. The number of ether oxygens (including phenoxy) is 2. The predicted molar refractivity (Wildman–Crippen MR) is 81.6 cm³/mol. The molecule has 4 heteroatoms. The average molecular weight is 310 g/mol. The number of carbonyl (C=O) groups is 1. The zero-order valence-electron chi connectivity index (χ0n) is 22.7. The zero-order valence-corrected chi connectivity index (χ0v) is 11.7. The average Bonchev–Trinajstić information content (AvgIpc) is 2.93. The quantitative estimate of drug-likeness (QED) is 0.794. The summed E-state index contributed by atoms with van der Waals surface area (Å²) >= 11 is 0. The molecule has 4 nitrogen and oxygen atoms in total. The summed E-state index contributed by atoms with van der Waals surface area (Å²) in [6.45, 7) is -3.30. The number of piperidine rings is 1. The Morgan fingerprint density at radius 3 is 3.41 bits per heavy atom. The van der Waals surface area contributed by atoms with Gasteiger partial charge in [0.15, 0.2) is 23.4 Å². The molecule has 5 rings (SSSR count). The summed E-state index contributed by atoms with van der Waals surface area (Å²) in [5, 5.41) is 0. The van der Waals surface area contributed by atoms with Crippen LogP contribution >= 0.6 is 0 Å². The van der Waals surface area contributed by atoms with Crippen LogP contribution in [-0.4, -0.2) is 43.3 Å². The topological polar surface area (TPSA) is 38.8 Å². The van der Waals surface area contributed by atoms with Crippen molar-refractivity contribution < 1.29 is 29.3 Å². The maximum Gasteiger partial charge on any atom is 0.174 e. The number of Topliss-reactive ketones (excluding diaryl/α,β-unsaturated/α-hetero) is 1. The smallest absolute Gasteiger partial charge is 0.174 e. The molecule has 0 N–H and O–H groups in total. The minimum Gasteiger partial charge on any atom is -0.493 e. The normalized spacial score (nSPS) is 59.3. The monoisotopic (exact) mass is 310 g/mol. The molecule has 2 aliphatic carbocycles. The summed E-state index contributed by atoms with van der Waals surface area (Å²) in [5.41, 5.74) is -2.13. The Hall–Kier alpha value is -1.55. The van der Waals surface area contributed by atoms with Crippen LogP contribution in [-0.2, 0) is 16.6 Å². The number of ketones is 1. The van der Waals surface area contributed by atoms with Crippen LogP contribution < -0.4 is 9.47 Å². The molecule has 1 unspecified atom stereocenters. The molecule has 1 saturated carbocycles. The van der Waals surface area contributed by atoms with Crippen molar-refractivity contribution >= 4 is 5.78 Å². The first-order chi connectivity index (χ1) is 14.9. The lowest BCUT2D eigenvalue weighted by atomic mass is 9.52. The van der Waals surface area contributed by atoms with Gasteiger partial charge in [0.05, 0.1) is 12.5 Å². The van der Waals surface area contributed by atoms with Crippen LogP contribution in [0.25, 0.3) is 0 Å². The second-order valence-corrected chi connectivity index (χ2v) is 6.03. The van der Waals surface area contributed by atoms with Gasteiger partial charge in [-0.05, 0) is 50.3 Å². The number of likely N-dealkylation sites (tertiary alicyclic amines) is 1. The van der Waals surface area contributed by atoms with E-state index in [0.29, 0.717) is 4.90 Å². The number of carbonyl (C=O) groups excluding carboxylic acids is 1. The van der Waals surface area contributed by atoms with Crippen molar-refractivity contribution in [2.45, 2.75) is 43.1 Å². The predicted octanol–water partition coefficient (Wildman–Crippen LogP) is 1.93. The van der Waals surface area contributed by atoms with Crippen LogP contribution in [0.4, 0.5) is 0 Å². The molecule has 1 spiro atoms. The van der Waals surface area contributed by atoms with E-state index < -0.39 is 49.6 Å². The summed E-state index contributed by atoms with van der Waals surface area (Å²) in [4.78, 5) is 13.8. The molecule has 22 heavy (non-hydrogen) atoms. The first-order valence-corrected chi connectivity index (χ1v) is 7.26. The Morgan fingerprint density at radius 2 is 2.55 bits per heavy atom. The Labute approximate surface area is 145 Å². The van der Waals surface area contributed by atoms with Crippen molar-refractivity contribution in [1.82, 2.24) is 4.90 Å². The van der Waals surface area contributed by atoms with Crippen LogP contribution in [0.5, 0.6) is 11.5 Å². The molecule has 0 aromatic heterocycles. The van der Waals surface area contributed by atoms with Crippen molar-refractivity contribution in [2.75, 3.05) is 20.6 Å². The van der Waals surface area contributed by atoms with E-state index in [1.807, 2.05) is 0 Å². The number of hydrogen-bond donors (Lipinski definition) is 0. The molecule has 1 aromatic rings. The molecule has 0 amide bonds. The Balaban J connectivity index is 1.92. The fraction of sp³-hybridized carbons (Fsp3) is 0.611. The molecular formula is C18H21NO3. The first-order valence-electron chi connectivity index (χ1n) is 12.8. The third-order valence-corrected chi connectivity index (χ3v) is 5.14. The fourth-order valence-electron chi connectivity index (χ4n) is 4.26. The Morgan fingerprint density at radius 1 is 1.59 bits per heavy atom. The minimum atomic E-state index is -2.92. The molecule has 2 bridgehead atoms. The van der Waals surface area contributed by atoms with Gasteiger partial charge in [-0.15, -0.1) is 0 Å². The number of methoxy groups -OCH3 is 1. The molecule has 1 aromatic carbocycles. The minimum absolute atomic E-state index is 0.0413. The van der Waals surface area contributed by atoms with Gasteiger partial charge in [0.2, 0.25) is 0 Å². The molecule has 4 aliphatic rings. The van der Waals surface area contributed by atoms with Crippen LogP contribution in [0.3, 0.4) is 0 Å². The summed E-state index contributed by atoms with van der Waals surface area (Å²) in [6, 6.07) is -0.390. The van der Waals surface area contributed by atoms with Gasteiger partial charge >= 0.3 is 0 Å². The van der Waals surface area contributed by atoms with Gasteiger partial charge in [0.25, 0.3) is 0 Å². The van der Waals surface area contributed by atoms with E-state index in [2.05, 4.69) is 0 Å². The van der Waals surface area contributed by atoms with E-state index >= 15 is 0 Å². The van der Waals surface area contributed by atoms with Crippen molar-refractivity contribution in [3.05, 3.63) is 23.3 Å². The van der Waals surface area contributed by atoms with Crippen molar-refractivity contribution in [1.29, 1.82) is 0 Å². The molecule has 0 radical (unpaired) electrons. The Kier molecular flexibility index (Phi) is 1.13. The van der Waals surface area contributed by atoms with Crippen molar-refractivity contribution in [2.24, 2.45) is 5.89 Å². The van der Waals surface area contributed by atoms with Crippen molar-refractivity contribution in [3.8, 4) is 11.5 Å². The SMILES string of the molecule is [2H]C([2H])([2H])Oc1ccc2c3c1OC1([2H])C(=O)CC[C@]4([2H])[C@@]31CCN(C([2H])([2H])[2H])[C@]4([2H])C2([2H])[2H]. The van der Waals surface area contributed by atoms with Crippen LogP contribution in [0.15, 0.2) is 12.1 Å². The maximum absolute atomic E-state index is 13.1. The highest BCUT2D eigenvalue weighted by Gasteiger charge is 2.65. The van der Waals surface area contributed by atoms with Gasteiger partial charge in [-0.3, -0.25) is 4.79 Å². The lowest BCUT2D eigenvalue weighted by Gasteiger charge is -2.57. The van der Waals surface area contributed by atoms with Gasteiger partial charge in [-0.2, -0.15) is 0 Å². The highest BCUT2D eigenvalue weighted by molar-refractivity contribution is 5.89. The van der Waals surface area contributed by atoms with E-state index in [1.165, 1.54) is 6.07 Å². The summed E-state index contributed by atoms with van der Waals surface area (Å²) < 4.78 is 103. The summed E-state index contributed by atoms with van der Waals surface area (Å²) in [5.74, 6) is -3.60. The van der Waals surface area contributed by atoms with Crippen LogP contribution in [0.1, 0.15) is 45.5 Å². The van der Waals surface area contributed by atoms with E-state index in [0.717, 1.165) is 6.07 Å². The standard InChI is InChI=1S/C18H21NO3/c1-19-8-7-18-11-4-5-13(20)17(18)22-16-14(21-2)6-3-10(15(16)18)9-12(11)19/h3,6,11-12,17H,4-5,7-9H2,1-2H3/t11-,12+,17?,18-/m0/s1/i1D3,2D3,9D2,11D,12D,17D. The van der Waals surface area contributed by atoms with Gasteiger partial charge < -0.3 is 14.4 Å². The third-order valence-electron chi connectivity index (χ3n) is 5.14. The van der Waals surface area contributed by atoms with E-state index in [-0.39, 0.29) is 48.4 Å². The highest BCUT2D eigenvalue weighted by Crippen LogP contribution is 2.62.